The van der Waals surface area contributed by atoms with E-state index in [1.165, 1.54) is 11.3 Å². The standard InChI is InChI=1S/C16H19N3O2S/c1-11-15(18-14(20)13-10-19(2)8-9-21-13)22-16(17-11)12-6-4-3-5-7-12/h3-7,13H,8-10H2,1-2H3,(H,18,20)/t13-/m1/s1. The molecule has 1 fully saturated rings. The quantitative estimate of drug-likeness (QED) is 0.944. The second kappa shape index (κ2) is 6.56. The highest BCUT2D eigenvalue weighted by Crippen LogP contribution is 2.31. The van der Waals surface area contributed by atoms with E-state index in [0.29, 0.717) is 13.2 Å². The van der Waals surface area contributed by atoms with Gasteiger partial charge in [0.25, 0.3) is 5.91 Å². The lowest BCUT2D eigenvalue weighted by Gasteiger charge is -2.28. The first-order valence-corrected chi connectivity index (χ1v) is 8.09. The molecular weight excluding hydrogens is 298 g/mol. The second-order valence-electron chi connectivity index (χ2n) is 5.41. The Labute approximate surface area is 133 Å². The number of benzene rings is 1. The first kappa shape index (κ1) is 15.1. The predicted octanol–water partition coefficient (Wildman–Crippen LogP) is 2.39. The molecule has 0 radical (unpaired) electrons. The van der Waals surface area contributed by atoms with Crippen LogP contribution in [0.4, 0.5) is 5.00 Å². The Morgan fingerprint density at radius 1 is 1.41 bits per heavy atom. The van der Waals surface area contributed by atoms with Crippen LogP contribution >= 0.6 is 11.3 Å². The van der Waals surface area contributed by atoms with Crippen LogP contribution < -0.4 is 5.32 Å². The maximum Gasteiger partial charge on any atom is 0.255 e. The van der Waals surface area contributed by atoms with E-state index < -0.39 is 6.10 Å². The fourth-order valence-electron chi connectivity index (χ4n) is 2.35. The van der Waals surface area contributed by atoms with Crippen LogP contribution in [0.3, 0.4) is 0 Å². The highest BCUT2D eigenvalue weighted by atomic mass is 32.1. The molecule has 1 aliphatic heterocycles. The molecule has 22 heavy (non-hydrogen) atoms. The second-order valence-corrected chi connectivity index (χ2v) is 6.41. The molecule has 6 heteroatoms. The predicted molar refractivity (Wildman–Crippen MR) is 88.2 cm³/mol. The highest BCUT2D eigenvalue weighted by molar-refractivity contribution is 7.19. The Bertz CT molecular complexity index is 657. The summed E-state index contributed by atoms with van der Waals surface area (Å²) in [7, 11) is 1.99. The van der Waals surface area contributed by atoms with Crippen molar-refractivity contribution < 1.29 is 9.53 Å². The summed E-state index contributed by atoms with van der Waals surface area (Å²) >= 11 is 1.49. The lowest BCUT2D eigenvalue weighted by atomic mass is 10.2. The smallest absolute Gasteiger partial charge is 0.255 e. The molecule has 116 valence electrons. The Morgan fingerprint density at radius 2 is 2.18 bits per heavy atom. The molecule has 0 spiro atoms. The van der Waals surface area contributed by atoms with Gasteiger partial charge in [-0.15, -0.1) is 0 Å². The van der Waals surface area contributed by atoms with E-state index in [1.807, 2.05) is 44.3 Å². The van der Waals surface area contributed by atoms with Crippen molar-refractivity contribution in [3.8, 4) is 10.6 Å². The number of hydrogen-bond acceptors (Lipinski definition) is 5. The lowest BCUT2D eigenvalue weighted by Crippen LogP contribution is -2.46. The van der Waals surface area contributed by atoms with Gasteiger partial charge in [-0.25, -0.2) is 4.98 Å². The van der Waals surface area contributed by atoms with Gasteiger partial charge in [-0.05, 0) is 14.0 Å². The molecule has 1 aliphatic rings. The molecule has 2 aromatic rings. The number of carbonyl (C=O) groups excluding carboxylic acids is 1. The molecule has 1 atom stereocenters. The zero-order valence-electron chi connectivity index (χ0n) is 12.7. The van der Waals surface area contributed by atoms with Crippen LogP contribution in [-0.2, 0) is 9.53 Å². The normalized spacial score (nSPS) is 19.1. The number of anilines is 1. The van der Waals surface area contributed by atoms with Crippen LogP contribution in [0.1, 0.15) is 5.69 Å². The van der Waals surface area contributed by atoms with Gasteiger partial charge in [0, 0.05) is 18.7 Å². The summed E-state index contributed by atoms with van der Waals surface area (Å²) in [4.78, 5) is 19.0. The summed E-state index contributed by atoms with van der Waals surface area (Å²) in [6.07, 6.45) is -0.416. The third-order valence-electron chi connectivity index (χ3n) is 3.62. The monoisotopic (exact) mass is 317 g/mol. The van der Waals surface area contributed by atoms with Gasteiger partial charge in [-0.2, -0.15) is 0 Å². The molecule has 1 saturated heterocycles. The number of aromatic nitrogens is 1. The van der Waals surface area contributed by atoms with Crippen molar-refractivity contribution in [3.63, 3.8) is 0 Å². The van der Waals surface area contributed by atoms with Crippen LogP contribution in [-0.4, -0.2) is 48.6 Å². The van der Waals surface area contributed by atoms with E-state index in [9.17, 15) is 4.79 Å². The van der Waals surface area contributed by atoms with Crippen LogP contribution in [0.2, 0.25) is 0 Å². The summed E-state index contributed by atoms with van der Waals surface area (Å²) in [6, 6.07) is 9.97. The number of morpholine rings is 1. The zero-order chi connectivity index (χ0) is 15.5. The van der Waals surface area contributed by atoms with Gasteiger partial charge in [0.2, 0.25) is 0 Å². The highest BCUT2D eigenvalue weighted by Gasteiger charge is 2.25. The number of carbonyl (C=O) groups is 1. The number of nitrogens with one attached hydrogen (secondary N) is 1. The van der Waals surface area contributed by atoms with Gasteiger partial charge in [0.1, 0.15) is 16.1 Å². The molecule has 0 aliphatic carbocycles. The topological polar surface area (TPSA) is 54.5 Å². The third-order valence-corrected chi connectivity index (χ3v) is 4.74. The van der Waals surface area contributed by atoms with Crippen molar-refractivity contribution >= 4 is 22.2 Å². The minimum atomic E-state index is -0.416. The number of thiazole rings is 1. The fourth-order valence-corrected chi connectivity index (χ4v) is 3.32. The van der Waals surface area contributed by atoms with E-state index in [2.05, 4.69) is 15.2 Å². The first-order chi connectivity index (χ1) is 10.6. The first-order valence-electron chi connectivity index (χ1n) is 7.27. The zero-order valence-corrected chi connectivity index (χ0v) is 13.5. The van der Waals surface area contributed by atoms with Crippen molar-refractivity contribution in [2.24, 2.45) is 0 Å². The van der Waals surface area contributed by atoms with Crippen molar-refractivity contribution in [3.05, 3.63) is 36.0 Å². The molecule has 1 N–H and O–H groups in total. The number of amides is 1. The minimum Gasteiger partial charge on any atom is -0.366 e. The van der Waals surface area contributed by atoms with Crippen molar-refractivity contribution in [2.45, 2.75) is 13.0 Å². The number of likely N-dealkylation sites (N-methyl/N-ethyl adjacent to an activating group) is 1. The molecule has 0 bridgehead atoms. The van der Waals surface area contributed by atoms with Gasteiger partial charge >= 0.3 is 0 Å². The summed E-state index contributed by atoms with van der Waals surface area (Å²) in [5.74, 6) is -0.0992. The average molecular weight is 317 g/mol. The Hall–Kier alpha value is -1.76. The van der Waals surface area contributed by atoms with Crippen molar-refractivity contribution in [2.75, 3.05) is 32.1 Å². The SMILES string of the molecule is Cc1nc(-c2ccccc2)sc1NC(=O)[C@H]1CN(C)CCO1. The van der Waals surface area contributed by atoms with Crippen LogP contribution in [0.25, 0.3) is 10.6 Å². The summed E-state index contributed by atoms with van der Waals surface area (Å²) in [6.45, 7) is 3.98. The van der Waals surface area contributed by atoms with Crippen LogP contribution in [0, 0.1) is 6.92 Å². The Kier molecular flexibility index (Phi) is 4.52. The summed E-state index contributed by atoms with van der Waals surface area (Å²) in [5.41, 5.74) is 1.89. The van der Waals surface area contributed by atoms with Crippen LogP contribution in [0.15, 0.2) is 30.3 Å². The van der Waals surface area contributed by atoms with E-state index in [4.69, 9.17) is 4.74 Å². The van der Waals surface area contributed by atoms with E-state index in [0.717, 1.165) is 27.8 Å². The fraction of sp³-hybridized carbons (Fsp3) is 0.375. The molecule has 3 rings (SSSR count). The number of ether oxygens (including phenoxy) is 1. The maximum atomic E-state index is 12.3. The molecule has 1 aromatic heterocycles. The molecule has 0 saturated carbocycles. The van der Waals surface area contributed by atoms with E-state index >= 15 is 0 Å². The van der Waals surface area contributed by atoms with Gasteiger partial charge < -0.3 is 15.0 Å². The number of nitrogens with zero attached hydrogens (tertiary/aromatic N) is 2. The molecule has 0 unspecified atom stereocenters. The molecule has 5 nitrogen and oxygen atoms in total. The summed E-state index contributed by atoms with van der Waals surface area (Å²) < 4.78 is 5.54. The van der Waals surface area contributed by atoms with Gasteiger partial charge in [-0.3, -0.25) is 4.79 Å². The lowest BCUT2D eigenvalue weighted by molar-refractivity contribution is -0.132. The maximum absolute atomic E-state index is 12.3. The molecular formula is C16H19N3O2S. The third kappa shape index (κ3) is 3.35. The molecule has 1 aromatic carbocycles. The number of hydrogen-bond donors (Lipinski definition) is 1. The van der Waals surface area contributed by atoms with Crippen LogP contribution in [0.5, 0.6) is 0 Å². The number of rotatable bonds is 3. The average Bonchev–Trinajstić information content (AvgIpc) is 2.89. The van der Waals surface area contributed by atoms with Crippen molar-refractivity contribution in [1.29, 1.82) is 0 Å². The van der Waals surface area contributed by atoms with Gasteiger partial charge in [0.15, 0.2) is 0 Å². The molecule has 1 amide bonds. The minimum absolute atomic E-state index is 0.0992. The Morgan fingerprint density at radius 3 is 2.91 bits per heavy atom. The largest absolute Gasteiger partial charge is 0.366 e. The Balaban J connectivity index is 1.73. The van der Waals surface area contributed by atoms with E-state index in [1.54, 1.807) is 0 Å². The van der Waals surface area contributed by atoms with Gasteiger partial charge in [0.05, 0.1) is 12.3 Å². The van der Waals surface area contributed by atoms with Gasteiger partial charge in [-0.1, -0.05) is 41.7 Å². The summed E-state index contributed by atoms with van der Waals surface area (Å²) in [5, 5.41) is 4.66. The van der Waals surface area contributed by atoms with Crippen molar-refractivity contribution in [1.82, 2.24) is 9.88 Å². The molecule has 2 heterocycles. The number of aryl methyl sites for hydroxylation is 1. The van der Waals surface area contributed by atoms with E-state index in [-0.39, 0.29) is 5.91 Å².